The van der Waals surface area contributed by atoms with Gasteiger partial charge in [0.2, 0.25) is 0 Å². The van der Waals surface area contributed by atoms with E-state index in [1.807, 2.05) is 12.3 Å². The molecular weight excluding hydrogens is 563 g/mol. The van der Waals surface area contributed by atoms with E-state index in [1.165, 1.54) is 50.5 Å². The van der Waals surface area contributed by atoms with Crippen LogP contribution in [0.25, 0.3) is 0 Å². The summed E-state index contributed by atoms with van der Waals surface area (Å²) in [6.07, 6.45) is 15.0. The molecule has 0 saturated heterocycles. The molecule has 34 heavy (non-hydrogen) atoms. The molecule has 1 amide bonds. The van der Waals surface area contributed by atoms with Crippen LogP contribution in [-0.2, 0) is 17.8 Å². The summed E-state index contributed by atoms with van der Waals surface area (Å²) in [5, 5.41) is 3.39. The van der Waals surface area contributed by atoms with E-state index in [4.69, 9.17) is 21.1 Å². The van der Waals surface area contributed by atoms with Gasteiger partial charge >= 0.3 is 0 Å². The van der Waals surface area contributed by atoms with Crippen LogP contribution in [0.3, 0.4) is 0 Å². The summed E-state index contributed by atoms with van der Waals surface area (Å²) in [6.45, 7) is 6.47. The van der Waals surface area contributed by atoms with Crippen LogP contribution in [-0.4, -0.2) is 25.7 Å². The van der Waals surface area contributed by atoms with Crippen molar-refractivity contribution >= 4 is 17.5 Å². The molecule has 0 unspecified atom stereocenters. The Morgan fingerprint density at radius 2 is 1.74 bits per heavy atom. The summed E-state index contributed by atoms with van der Waals surface area (Å²) in [7, 11) is 0. The van der Waals surface area contributed by atoms with Gasteiger partial charge in [-0.1, -0.05) is 63.5 Å². The number of amides is 1. The van der Waals surface area contributed by atoms with Crippen molar-refractivity contribution in [1.29, 1.82) is 0 Å². The minimum Gasteiger partial charge on any atom is -1.00 e. The van der Waals surface area contributed by atoms with Crippen LogP contribution in [0.15, 0.2) is 42.7 Å². The molecule has 7 heteroatoms. The maximum absolute atomic E-state index is 12.1. The van der Waals surface area contributed by atoms with Crippen LogP contribution in [0.4, 0.5) is 0 Å². The Hall–Kier alpha value is -1.54. The molecule has 0 radical (unpaired) electrons. The second kappa shape index (κ2) is 18.7. The zero-order valence-corrected chi connectivity index (χ0v) is 23.6. The monoisotopic (exact) mass is 602 g/mol. The smallest absolute Gasteiger partial charge is 0.257 e. The number of carbonyl (C=O) groups is 1. The van der Waals surface area contributed by atoms with Crippen molar-refractivity contribution in [3.63, 3.8) is 0 Å². The molecule has 1 aromatic heterocycles. The highest BCUT2D eigenvalue weighted by atomic mass is 127. The van der Waals surface area contributed by atoms with Gasteiger partial charge in [0, 0.05) is 24.2 Å². The molecule has 190 valence electrons. The average molecular weight is 603 g/mol. The highest BCUT2D eigenvalue weighted by molar-refractivity contribution is 6.32. The number of nitrogens with zero attached hydrogens (tertiary/aromatic N) is 1. The van der Waals surface area contributed by atoms with Gasteiger partial charge in [0.05, 0.1) is 11.6 Å². The van der Waals surface area contributed by atoms with Crippen molar-refractivity contribution in [3.8, 4) is 11.5 Å². The van der Waals surface area contributed by atoms with Gasteiger partial charge in [0.15, 0.2) is 19.0 Å². The quantitative estimate of drug-likeness (QED) is 0.172. The van der Waals surface area contributed by atoms with Gasteiger partial charge in [-0.3, -0.25) is 4.79 Å². The van der Waals surface area contributed by atoms with Gasteiger partial charge in [-0.15, -0.1) is 0 Å². The zero-order chi connectivity index (χ0) is 23.7. The van der Waals surface area contributed by atoms with E-state index in [1.54, 1.807) is 18.2 Å². The summed E-state index contributed by atoms with van der Waals surface area (Å²) in [6, 6.07) is 9.38. The summed E-state index contributed by atoms with van der Waals surface area (Å²) in [5.74, 6) is 1.06. The third-order valence-electron chi connectivity index (χ3n) is 5.55. The fourth-order valence-electron chi connectivity index (χ4n) is 3.57. The van der Waals surface area contributed by atoms with Gasteiger partial charge in [-0.25, -0.2) is 4.57 Å². The van der Waals surface area contributed by atoms with Crippen LogP contribution in [0.2, 0.25) is 5.02 Å². The zero-order valence-electron chi connectivity index (χ0n) is 20.7. The lowest BCUT2D eigenvalue weighted by Gasteiger charge is -2.11. The number of aromatic nitrogens is 1. The number of carbonyl (C=O) groups excluding carboxylic acids is 1. The minimum absolute atomic E-state index is 0. The Morgan fingerprint density at radius 3 is 2.44 bits per heavy atom. The fraction of sp³-hybridized carbons (Fsp3) is 0.556. The first-order valence-corrected chi connectivity index (χ1v) is 12.8. The van der Waals surface area contributed by atoms with Gasteiger partial charge in [-0.2, -0.15) is 0 Å². The second-order valence-corrected chi connectivity index (χ2v) is 8.75. The molecule has 0 aliphatic carbocycles. The lowest BCUT2D eigenvalue weighted by atomic mass is 10.1. The van der Waals surface area contributed by atoms with E-state index >= 15 is 0 Å². The first kappa shape index (κ1) is 30.5. The molecule has 0 spiro atoms. The number of aryl methyl sites for hydroxylation is 1. The molecular formula is C27H40ClIN2O3. The third-order valence-corrected chi connectivity index (χ3v) is 5.84. The van der Waals surface area contributed by atoms with Crippen molar-refractivity contribution in [2.24, 2.45) is 0 Å². The lowest BCUT2D eigenvalue weighted by Crippen LogP contribution is -3.00. The topological polar surface area (TPSA) is 51.4 Å². The second-order valence-electron chi connectivity index (χ2n) is 8.35. The number of rotatable bonds is 17. The number of hydrogen-bond donors (Lipinski definition) is 1. The maximum atomic E-state index is 12.1. The molecule has 0 fully saturated rings. The minimum atomic E-state index is -0.152. The van der Waals surface area contributed by atoms with Gasteiger partial charge in [-0.05, 0) is 38.0 Å². The number of hydrogen-bond acceptors (Lipinski definition) is 3. The molecule has 0 bridgehead atoms. The fourth-order valence-corrected chi connectivity index (χ4v) is 3.80. The van der Waals surface area contributed by atoms with Crippen molar-refractivity contribution in [2.45, 2.75) is 78.2 Å². The van der Waals surface area contributed by atoms with Crippen molar-refractivity contribution < 1.29 is 42.8 Å². The molecule has 1 heterocycles. The summed E-state index contributed by atoms with van der Waals surface area (Å²) in [5.41, 5.74) is 1.19. The van der Waals surface area contributed by atoms with Crippen LogP contribution in [0.5, 0.6) is 11.5 Å². The molecule has 0 aliphatic rings. The van der Waals surface area contributed by atoms with E-state index in [-0.39, 0.29) is 36.5 Å². The molecule has 2 aromatic rings. The Kier molecular flexibility index (Phi) is 16.8. The molecule has 1 N–H and O–H groups in total. The van der Waals surface area contributed by atoms with Crippen molar-refractivity contribution in [3.05, 3.63) is 53.3 Å². The first-order valence-electron chi connectivity index (χ1n) is 12.4. The van der Waals surface area contributed by atoms with Crippen LogP contribution >= 0.6 is 11.6 Å². The van der Waals surface area contributed by atoms with Crippen LogP contribution in [0.1, 0.15) is 70.8 Å². The van der Waals surface area contributed by atoms with Crippen LogP contribution in [0, 0.1) is 0 Å². The third kappa shape index (κ3) is 12.8. The molecule has 0 atom stereocenters. The molecule has 1 aromatic carbocycles. The van der Waals surface area contributed by atoms with Gasteiger partial charge in [0.1, 0.15) is 18.0 Å². The number of halogens is 2. The standard InChI is InChI=1S/C27H39ClN2O3.HI/c1-3-5-6-7-8-9-10-11-19-32-26-15-14-24(20-25(26)28)33-22-27(31)29-17-16-23-13-12-18-30(4-2)21-23;/h12-15,18,20-21H,3-11,16-17,19,22H2,1-2H3;1H. The SMILES string of the molecule is CCCCCCCCCCOc1ccc(OCC(=O)NCCc2ccc[n+](CC)c2)cc1Cl.[I-]. The number of unbranched alkanes of at least 4 members (excludes halogenated alkanes) is 7. The summed E-state index contributed by atoms with van der Waals surface area (Å²) in [4.78, 5) is 12.1. The van der Waals surface area contributed by atoms with E-state index in [0.29, 0.717) is 29.7 Å². The summed E-state index contributed by atoms with van der Waals surface area (Å²) < 4.78 is 13.5. The number of nitrogens with one attached hydrogen (secondary N) is 1. The normalized spacial score (nSPS) is 10.4. The van der Waals surface area contributed by atoms with E-state index in [0.717, 1.165) is 19.4 Å². The highest BCUT2D eigenvalue weighted by Gasteiger charge is 2.07. The van der Waals surface area contributed by atoms with E-state index < -0.39 is 0 Å². The van der Waals surface area contributed by atoms with Crippen LogP contribution < -0.4 is 43.3 Å². The van der Waals surface area contributed by atoms with Crippen molar-refractivity contribution in [1.82, 2.24) is 5.32 Å². The predicted molar refractivity (Wildman–Crippen MR) is 134 cm³/mol. The lowest BCUT2D eigenvalue weighted by molar-refractivity contribution is -0.694. The number of ether oxygens (including phenoxy) is 2. The molecule has 5 nitrogen and oxygen atoms in total. The first-order chi connectivity index (χ1) is 16.1. The Balaban J connectivity index is 0.00000578. The van der Waals surface area contributed by atoms with Gasteiger partial charge < -0.3 is 38.8 Å². The Bertz CT molecular complexity index is 835. The molecule has 0 aliphatic heterocycles. The molecule has 2 rings (SSSR count). The maximum Gasteiger partial charge on any atom is 0.257 e. The van der Waals surface area contributed by atoms with Gasteiger partial charge in [0.25, 0.3) is 5.91 Å². The largest absolute Gasteiger partial charge is 1.00 e. The highest BCUT2D eigenvalue weighted by Crippen LogP contribution is 2.29. The Labute approximate surface area is 227 Å². The van der Waals surface area contributed by atoms with E-state index in [9.17, 15) is 4.79 Å². The van der Waals surface area contributed by atoms with E-state index in [2.05, 4.69) is 36.0 Å². The predicted octanol–water partition coefficient (Wildman–Crippen LogP) is 2.91. The number of benzene rings is 1. The Morgan fingerprint density at radius 1 is 1.00 bits per heavy atom. The van der Waals surface area contributed by atoms with Crippen molar-refractivity contribution in [2.75, 3.05) is 19.8 Å². The summed E-state index contributed by atoms with van der Waals surface area (Å²) >= 11 is 6.32. The molecule has 0 saturated carbocycles. The number of pyridine rings is 1. The average Bonchev–Trinajstić information content (AvgIpc) is 2.83.